The number of rotatable bonds is 3. The van der Waals surface area contributed by atoms with Crippen LogP contribution in [0.4, 0.5) is 9.57 Å². The Morgan fingerprint density at radius 2 is 2.13 bits per heavy atom. The van der Waals surface area contributed by atoms with E-state index in [1.54, 1.807) is 6.92 Å². The lowest BCUT2D eigenvalue weighted by Crippen LogP contribution is -2.03. The van der Waals surface area contributed by atoms with Crippen molar-refractivity contribution in [2.75, 3.05) is 5.73 Å². The molecule has 1 aromatic carbocycles. The molecule has 0 amide bonds. The SMILES string of the molecule is Cc1c(N)cc(OS(=O)(=O)F)cc1CS. The van der Waals surface area contributed by atoms with Crippen LogP contribution >= 0.6 is 12.6 Å². The van der Waals surface area contributed by atoms with Crippen molar-refractivity contribution in [3.63, 3.8) is 0 Å². The molecular formula is C8H10FNO3S2. The Balaban J connectivity index is 3.17. The minimum atomic E-state index is -5.01. The summed E-state index contributed by atoms with van der Waals surface area (Å²) in [6.45, 7) is 1.76. The minimum Gasteiger partial charge on any atom is -0.398 e. The molecule has 0 unspecified atom stereocenters. The monoisotopic (exact) mass is 251 g/mol. The molecule has 1 aromatic rings. The summed E-state index contributed by atoms with van der Waals surface area (Å²) in [5.41, 5.74) is 7.38. The topological polar surface area (TPSA) is 69.4 Å². The molecule has 0 bridgehead atoms. The van der Waals surface area contributed by atoms with E-state index in [2.05, 4.69) is 16.8 Å². The summed E-state index contributed by atoms with van der Waals surface area (Å²) in [6, 6.07) is 2.63. The van der Waals surface area contributed by atoms with Crippen molar-refractivity contribution in [2.45, 2.75) is 12.7 Å². The Labute approximate surface area is 93.1 Å². The highest BCUT2D eigenvalue weighted by Crippen LogP contribution is 2.26. The van der Waals surface area contributed by atoms with Gasteiger partial charge in [0.25, 0.3) is 0 Å². The van der Waals surface area contributed by atoms with Crippen LogP contribution in [0.1, 0.15) is 11.1 Å². The van der Waals surface area contributed by atoms with Crippen molar-refractivity contribution in [3.8, 4) is 5.75 Å². The molecule has 0 aliphatic rings. The molecular weight excluding hydrogens is 241 g/mol. The van der Waals surface area contributed by atoms with E-state index in [1.807, 2.05) is 0 Å². The van der Waals surface area contributed by atoms with E-state index in [0.29, 0.717) is 17.0 Å². The zero-order valence-corrected chi connectivity index (χ0v) is 9.61. The predicted octanol–water partition coefficient (Wildman–Crippen LogP) is 1.60. The van der Waals surface area contributed by atoms with Gasteiger partial charge < -0.3 is 9.92 Å². The Hall–Kier alpha value is -0.950. The third kappa shape index (κ3) is 3.28. The fourth-order valence-corrected chi connectivity index (χ4v) is 1.75. The molecule has 0 fully saturated rings. The average molecular weight is 251 g/mol. The molecule has 1 rings (SSSR count). The summed E-state index contributed by atoms with van der Waals surface area (Å²) in [4.78, 5) is 0. The molecule has 0 atom stereocenters. The van der Waals surface area contributed by atoms with Crippen molar-refractivity contribution in [2.24, 2.45) is 0 Å². The number of benzene rings is 1. The number of hydrogen-bond acceptors (Lipinski definition) is 5. The van der Waals surface area contributed by atoms with Crippen LogP contribution in [0, 0.1) is 6.92 Å². The minimum absolute atomic E-state index is 0.148. The van der Waals surface area contributed by atoms with E-state index in [-0.39, 0.29) is 5.75 Å². The second kappa shape index (κ2) is 4.28. The summed E-state index contributed by atoms with van der Waals surface area (Å²) in [7, 11) is -5.01. The van der Waals surface area contributed by atoms with Gasteiger partial charge in [-0.3, -0.25) is 0 Å². The van der Waals surface area contributed by atoms with Crippen LogP contribution < -0.4 is 9.92 Å². The van der Waals surface area contributed by atoms with Gasteiger partial charge in [0.15, 0.2) is 0 Å². The molecule has 0 aromatic heterocycles. The zero-order chi connectivity index (χ0) is 11.6. The maximum absolute atomic E-state index is 12.2. The van der Waals surface area contributed by atoms with Crippen LogP contribution in [0.15, 0.2) is 12.1 Å². The van der Waals surface area contributed by atoms with Gasteiger partial charge in [0.2, 0.25) is 0 Å². The molecule has 0 spiro atoms. The van der Waals surface area contributed by atoms with Crippen LogP contribution in [0.25, 0.3) is 0 Å². The normalized spacial score (nSPS) is 11.4. The summed E-state index contributed by atoms with van der Waals surface area (Å²) in [6.07, 6.45) is 0. The maximum atomic E-state index is 12.2. The highest BCUT2D eigenvalue weighted by molar-refractivity contribution is 7.81. The summed E-state index contributed by atoms with van der Waals surface area (Å²) < 4.78 is 36.8. The van der Waals surface area contributed by atoms with Gasteiger partial charge in [0, 0.05) is 17.5 Å². The third-order valence-corrected chi connectivity index (χ3v) is 2.63. The van der Waals surface area contributed by atoms with Gasteiger partial charge in [0.05, 0.1) is 0 Å². The van der Waals surface area contributed by atoms with Crippen LogP contribution in [0.2, 0.25) is 0 Å². The molecule has 0 saturated carbocycles. The van der Waals surface area contributed by atoms with E-state index in [4.69, 9.17) is 5.73 Å². The highest BCUT2D eigenvalue weighted by atomic mass is 32.3. The standard InChI is InChI=1S/C8H10FNO3S2/c1-5-6(4-14)2-7(3-8(5)10)13-15(9,11)12/h2-3,14H,4,10H2,1H3. The van der Waals surface area contributed by atoms with E-state index in [9.17, 15) is 12.3 Å². The predicted molar refractivity (Wildman–Crippen MR) is 58.9 cm³/mol. The fourth-order valence-electron chi connectivity index (χ4n) is 1.10. The second-order valence-corrected chi connectivity index (χ2v) is 4.20. The van der Waals surface area contributed by atoms with Crippen molar-refractivity contribution >= 4 is 28.8 Å². The van der Waals surface area contributed by atoms with Crippen LogP contribution in [-0.4, -0.2) is 8.42 Å². The zero-order valence-electron chi connectivity index (χ0n) is 7.90. The Bertz CT molecular complexity index is 473. The van der Waals surface area contributed by atoms with Gasteiger partial charge in [0.1, 0.15) is 5.75 Å². The van der Waals surface area contributed by atoms with Gasteiger partial charge in [-0.25, -0.2) is 0 Å². The quantitative estimate of drug-likeness (QED) is 0.486. The molecule has 2 N–H and O–H groups in total. The molecule has 0 aliphatic heterocycles. The van der Waals surface area contributed by atoms with Gasteiger partial charge in [-0.15, -0.1) is 0 Å². The largest absolute Gasteiger partial charge is 0.488 e. The van der Waals surface area contributed by atoms with Crippen molar-refractivity contribution < 1.29 is 16.5 Å². The van der Waals surface area contributed by atoms with E-state index in [0.717, 1.165) is 5.56 Å². The Morgan fingerprint density at radius 3 is 2.60 bits per heavy atom. The molecule has 84 valence electrons. The van der Waals surface area contributed by atoms with Gasteiger partial charge in [-0.05, 0) is 24.1 Å². The first-order valence-corrected chi connectivity index (χ1v) is 5.91. The molecule has 7 heteroatoms. The number of thiol groups is 1. The van der Waals surface area contributed by atoms with Crippen molar-refractivity contribution in [1.82, 2.24) is 0 Å². The maximum Gasteiger partial charge on any atom is 0.488 e. The number of nitrogen functional groups attached to an aromatic ring is 1. The lowest BCUT2D eigenvalue weighted by atomic mass is 10.1. The lowest BCUT2D eigenvalue weighted by Gasteiger charge is -2.08. The number of anilines is 1. The average Bonchev–Trinajstić information content (AvgIpc) is 2.08. The first-order chi connectivity index (χ1) is 6.83. The van der Waals surface area contributed by atoms with Crippen LogP contribution in [0.3, 0.4) is 0 Å². The highest BCUT2D eigenvalue weighted by Gasteiger charge is 2.12. The second-order valence-electron chi connectivity index (χ2n) is 2.93. The van der Waals surface area contributed by atoms with Crippen molar-refractivity contribution in [3.05, 3.63) is 23.3 Å². The van der Waals surface area contributed by atoms with Crippen molar-refractivity contribution in [1.29, 1.82) is 0 Å². The molecule has 0 heterocycles. The van der Waals surface area contributed by atoms with E-state index in [1.165, 1.54) is 12.1 Å². The third-order valence-electron chi connectivity index (χ3n) is 1.90. The molecule has 0 aliphatic carbocycles. The number of halogens is 1. The molecule has 0 saturated heterocycles. The van der Waals surface area contributed by atoms with Crippen LogP contribution in [-0.2, 0) is 16.3 Å². The number of hydrogen-bond donors (Lipinski definition) is 2. The number of nitrogens with two attached hydrogens (primary N) is 1. The smallest absolute Gasteiger partial charge is 0.398 e. The molecule has 4 nitrogen and oxygen atoms in total. The first kappa shape index (κ1) is 12.1. The van der Waals surface area contributed by atoms with Gasteiger partial charge >= 0.3 is 10.5 Å². The summed E-state index contributed by atoms with van der Waals surface area (Å²) in [5.74, 6) is 0.212. The van der Waals surface area contributed by atoms with E-state index < -0.39 is 10.5 Å². The molecule has 15 heavy (non-hydrogen) atoms. The lowest BCUT2D eigenvalue weighted by molar-refractivity contribution is 0.440. The molecule has 0 radical (unpaired) electrons. The van der Waals surface area contributed by atoms with Gasteiger partial charge in [-0.1, -0.05) is 3.89 Å². The fraction of sp³-hybridized carbons (Fsp3) is 0.250. The Morgan fingerprint density at radius 1 is 1.53 bits per heavy atom. The summed E-state index contributed by atoms with van der Waals surface area (Å²) >= 11 is 4.03. The Kier molecular flexibility index (Phi) is 3.46. The van der Waals surface area contributed by atoms with E-state index >= 15 is 0 Å². The summed E-state index contributed by atoms with van der Waals surface area (Å²) in [5, 5.41) is 0. The van der Waals surface area contributed by atoms with Crippen LogP contribution in [0.5, 0.6) is 5.75 Å². The van der Waals surface area contributed by atoms with Gasteiger partial charge in [-0.2, -0.15) is 21.0 Å². The first-order valence-electron chi connectivity index (χ1n) is 3.97.